The van der Waals surface area contributed by atoms with Gasteiger partial charge >= 0.3 is 0 Å². The van der Waals surface area contributed by atoms with Crippen LogP contribution in [0.1, 0.15) is 28.9 Å². The van der Waals surface area contributed by atoms with Gasteiger partial charge in [0.05, 0.1) is 5.54 Å². The summed E-state index contributed by atoms with van der Waals surface area (Å²) in [5, 5.41) is 0. The van der Waals surface area contributed by atoms with Gasteiger partial charge in [-0.15, -0.1) is 0 Å². The molecule has 0 bridgehead atoms. The Labute approximate surface area is 77.0 Å². The highest BCUT2D eigenvalue weighted by Gasteiger charge is 2.46. The molecule has 1 aromatic rings. The zero-order valence-electron chi connectivity index (χ0n) is 7.58. The Kier molecular flexibility index (Phi) is 1.70. The summed E-state index contributed by atoms with van der Waals surface area (Å²) < 4.78 is 0. The van der Waals surface area contributed by atoms with E-state index in [4.69, 9.17) is 5.73 Å². The normalized spacial score (nSPS) is 18.3. The zero-order chi connectivity index (χ0) is 9.47. The van der Waals surface area contributed by atoms with Crippen LogP contribution in [0.25, 0.3) is 0 Å². The summed E-state index contributed by atoms with van der Waals surface area (Å²) in [5.41, 5.74) is 6.76. The smallest absolute Gasteiger partial charge is 0.184 e. The minimum absolute atomic E-state index is 0.0278. The van der Waals surface area contributed by atoms with Crippen molar-refractivity contribution in [2.75, 3.05) is 0 Å². The Balaban J connectivity index is 2.26. The van der Waals surface area contributed by atoms with Gasteiger partial charge in [0.2, 0.25) is 0 Å². The van der Waals surface area contributed by atoms with Gasteiger partial charge in [0.25, 0.3) is 0 Å². The standard InChI is InChI=1S/C10H12N2O/c1-7-2-3-8(6-12-7)9(13)10(11)4-5-10/h2-3,6H,4-5,11H2,1H3. The molecule has 1 fully saturated rings. The average molecular weight is 176 g/mol. The molecule has 0 saturated heterocycles. The number of rotatable bonds is 2. The number of ketones is 1. The second-order valence-electron chi connectivity index (χ2n) is 3.67. The van der Waals surface area contributed by atoms with Crippen molar-refractivity contribution in [3.8, 4) is 0 Å². The molecule has 0 unspecified atom stereocenters. The van der Waals surface area contributed by atoms with Crippen molar-refractivity contribution in [1.82, 2.24) is 4.98 Å². The summed E-state index contributed by atoms with van der Waals surface area (Å²) in [7, 11) is 0. The summed E-state index contributed by atoms with van der Waals surface area (Å²) >= 11 is 0. The van der Waals surface area contributed by atoms with Gasteiger partial charge in [0.1, 0.15) is 0 Å². The predicted octanol–water partition coefficient (Wildman–Crippen LogP) is 1.06. The third kappa shape index (κ3) is 1.47. The third-order valence-electron chi connectivity index (χ3n) is 2.41. The topological polar surface area (TPSA) is 56.0 Å². The number of hydrogen-bond acceptors (Lipinski definition) is 3. The van der Waals surface area contributed by atoms with Gasteiger partial charge in [-0.1, -0.05) is 0 Å². The molecule has 3 nitrogen and oxygen atoms in total. The van der Waals surface area contributed by atoms with Crippen molar-refractivity contribution in [2.24, 2.45) is 5.73 Å². The number of aromatic nitrogens is 1. The van der Waals surface area contributed by atoms with Crippen LogP contribution < -0.4 is 5.73 Å². The number of Topliss-reactive ketones (excluding diaryl/α,β-unsaturated/α-hetero) is 1. The van der Waals surface area contributed by atoms with Crippen LogP contribution >= 0.6 is 0 Å². The monoisotopic (exact) mass is 176 g/mol. The largest absolute Gasteiger partial charge is 0.319 e. The van der Waals surface area contributed by atoms with E-state index >= 15 is 0 Å². The van der Waals surface area contributed by atoms with E-state index in [1.165, 1.54) is 0 Å². The Hall–Kier alpha value is -1.22. The zero-order valence-corrected chi connectivity index (χ0v) is 7.58. The lowest BCUT2D eigenvalue weighted by Crippen LogP contribution is -2.32. The molecular weight excluding hydrogens is 164 g/mol. The Morgan fingerprint density at radius 2 is 2.23 bits per heavy atom. The van der Waals surface area contributed by atoms with E-state index in [-0.39, 0.29) is 5.78 Å². The predicted molar refractivity (Wildman–Crippen MR) is 49.5 cm³/mol. The molecule has 0 amide bonds. The summed E-state index contributed by atoms with van der Waals surface area (Å²) in [6.45, 7) is 1.89. The molecule has 0 aliphatic heterocycles. The average Bonchev–Trinajstić information content (AvgIpc) is 2.85. The molecule has 2 rings (SSSR count). The molecule has 3 heteroatoms. The fourth-order valence-corrected chi connectivity index (χ4v) is 1.25. The van der Waals surface area contributed by atoms with E-state index in [2.05, 4.69) is 4.98 Å². The SMILES string of the molecule is Cc1ccc(C(=O)C2(N)CC2)cn1. The van der Waals surface area contributed by atoms with Crippen molar-refractivity contribution >= 4 is 5.78 Å². The van der Waals surface area contributed by atoms with Crippen LogP contribution in [0.3, 0.4) is 0 Å². The number of hydrogen-bond donors (Lipinski definition) is 1. The van der Waals surface area contributed by atoms with Gasteiger partial charge < -0.3 is 5.73 Å². The van der Waals surface area contributed by atoms with Crippen molar-refractivity contribution in [1.29, 1.82) is 0 Å². The van der Waals surface area contributed by atoms with Crippen LogP contribution in [0.4, 0.5) is 0 Å². The van der Waals surface area contributed by atoms with E-state index in [1.54, 1.807) is 12.3 Å². The highest BCUT2D eigenvalue weighted by molar-refractivity contribution is 6.04. The Morgan fingerprint density at radius 3 is 2.69 bits per heavy atom. The number of carbonyl (C=O) groups excluding carboxylic acids is 1. The van der Waals surface area contributed by atoms with Gasteiger partial charge in [-0.2, -0.15) is 0 Å². The van der Waals surface area contributed by atoms with E-state index in [9.17, 15) is 4.79 Å². The highest BCUT2D eigenvalue weighted by atomic mass is 16.1. The molecule has 13 heavy (non-hydrogen) atoms. The number of nitrogens with zero attached hydrogens (tertiary/aromatic N) is 1. The maximum Gasteiger partial charge on any atom is 0.184 e. The van der Waals surface area contributed by atoms with Crippen LogP contribution in [-0.4, -0.2) is 16.3 Å². The lowest BCUT2D eigenvalue weighted by Gasteiger charge is -2.06. The number of aryl methyl sites for hydroxylation is 1. The van der Waals surface area contributed by atoms with Crippen LogP contribution in [-0.2, 0) is 0 Å². The molecule has 1 aliphatic carbocycles. The van der Waals surface area contributed by atoms with Crippen molar-refractivity contribution < 1.29 is 4.79 Å². The summed E-state index contributed by atoms with van der Waals surface area (Å²) in [5.74, 6) is 0.0278. The van der Waals surface area contributed by atoms with Gasteiger partial charge in [0.15, 0.2) is 5.78 Å². The van der Waals surface area contributed by atoms with E-state index in [0.29, 0.717) is 5.56 Å². The Bertz CT molecular complexity index is 338. The Morgan fingerprint density at radius 1 is 1.54 bits per heavy atom. The lowest BCUT2D eigenvalue weighted by molar-refractivity contribution is 0.0949. The van der Waals surface area contributed by atoms with Crippen LogP contribution in [0.5, 0.6) is 0 Å². The fraction of sp³-hybridized carbons (Fsp3) is 0.400. The summed E-state index contributed by atoms with van der Waals surface area (Å²) in [6, 6.07) is 3.62. The van der Waals surface area contributed by atoms with E-state index in [0.717, 1.165) is 18.5 Å². The minimum atomic E-state index is -0.572. The summed E-state index contributed by atoms with van der Waals surface area (Å²) in [6.07, 6.45) is 3.21. The molecule has 1 heterocycles. The minimum Gasteiger partial charge on any atom is -0.319 e. The summed E-state index contributed by atoms with van der Waals surface area (Å²) in [4.78, 5) is 15.7. The quantitative estimate of drug-likeness (QED) is 0.685. The number of nitrogens with two attached hydrogens (primary N) is 1. The first-order chi connectivity index (χ1) is 6.12. The molecule has 1 aromatic heterocycles. The van der Waals surface area contributed by atoms with E-state index in [1.807, 2.05) is 13.0 Å². The molecule has 1 saturated carbocycles. The second kappa shape index (κ2) is 2.64. The first-order valence-corrected chi connectivity index (χ1v) is 4.38. The van der Waals surface area contributed by atoms with Gasteiger partial charge in [-0.25, -0.2) is 0 Å². The third-order valence-corrected chi connectivity index (χ3v) is 2.41. The van der Waals surface area contributed by atoms with Gasteiger partial charge in [-0.05, 0) is 31.9 Å². The van der Waals surface area contributed by atoms with Crippen molar-refractivity contribution in [3.05, 3.63) is 29.6 Å². The van der Waals surface area contributed by atoms with Crippen molar-refractivity contribution in [3.63, 3.8) is 0 Å². The van der Waals surface area contributed by atoms with Crippen LogP contribution in [0.15, 0.2) is 18.3 Å². The molecule has 0 radical (unpaired) electrons. The van der Waals surface area contributed by atoms with Gasteiger partial charge in [-0.3, -0.25) is 9.78 Å². The maximum absolute atomic E-state index is 11.7. The van der Waals surface area contributed by atoms with Crippen LogP contribution in [0, 0.1) is 6.92 Å². The van der Waals surface area contributed by atoms with Crippen LogP contribution in [0.2, 0.25) is 0 Å². The highest BCUT2D eigenvalue weighted by Crippen LogP contribution is 2.35. The molecule has 0 aromatic carbocycles. The molecule has 0 spiro atoms. The molecule has 68 valence electrons. The molecule has 1 aliphatic rings. The first kappa shape index (κ1) is 8.38. The lowest BCUT2D eigenvalue weighted by atomic mass is 10.1. The number of pyridine rings is 1. The van der Waals surface area contributed by atoms with E-state index < -0.39 is 5.54 Å². The molecule has 2 N–H and O–H groups in total. The van der Waals surface area contributed by atoms with Gasteiger partial charge in [0, 0.05) is 17.5 Å². The first-order valence-electron chi connectivity index (χ1n) is 4.38. The second-order valence-corrected chi connectivity index (χ2v) is 3.67. The molecular formula is C10H12N2O. The fourth-order valence-electron chi connectivity index (χ4n) is 1.25. The maximum atomic E-state index is 11.7. The number of carbonyl (C=O) groups is 1. The molecule has 0 atom stereocenters. The van der Waals surface area contributed by atoms with Crippen molar-refractivity contribution in [2.45, 2.75) is 25.3 Å².